The number of hydrogen-bond acceptors (Lipinski definition) is 5. The van der Waals surface area contributed by atoms with Crippen LogP contribution in [0.3, 0.4) is 0 Å². The molecule has 0 spiro atoms. The van der Waals surface area contributed by atoms with Gasteiger partial charge in [0.25, 0.3) is 0 Å². The molecule has 188 valence electrons. The van der Waals surface area contributed by atoms with Crippen LogP contribution in [0.15, 0.2) is 0 Å². The van der Waals surface area contributed by atoms with Gasteiger partial charge in [-0.15, -0.1) is 0 Å². The summed E-state index contributed by atoms with van der Waals surface area (Å²) < 4.78 is 6.81. The fourth-order valence-electron chi connectivity index (χ4n) is 8.33. The van der Waals surface area contributed by atoms with E-state index < -0.39 is 31.7 Å². The molecule has 0 aromatic carbocycles. The summed E-state index contributed by atoms with van der Waals surface area (Å²) in [5, 5.41) is 21.1. The van der Waals surface area contributed by atoms with Crippen molar-refractivity contribution in [3.8, 4) is 0 Å². The molecule has 0 heterocycles. The molecule has 6 heteroatoms. The first-order valence-corrected chi connectivity index (χ1v) is 16.1. The molecule has 0 aliphatic heterocycles. The third-order valence-corrected chi connectivity index (χ3v) is 15.9. The number of hydrogen-bond donors (Lipinski definition) is 2. The van der Waals surface area contributed by atoms with Gasteiger partial charge in [0.15, 0.2) is 14.1 Å². The number of Topliss-reactive ketones (excluding diaryl/α,β-unsaturated/α-hetero) is 2. The molecule has 0 amide bonds. The maximum Gasteiger partial charge on any atom is 0.192 e. The van der Waals surface area contributed by atoms with Gasteiger partial charge in [0.2, 0.25) is 0 Å². The standard InChI is InChI=1S/C27H46O5Si/c1-24(2,3)33(6,7)32-18-10-12-25(4)17(14-18)8-9-19-20-11-13-27(31,22(30)16-28)26(20,5)15-21(29)23(19)25/h17-20,23,28,31H,8-16H2,1-7H3/t17-,18+,19+,20+,23-,25+,26+,27+/m1/s1. The Balaban J connectivity index is 1.56. The summed E-state index contributed by atoms with van der Waals surface area (Å²) in [4.78, 5) is 26.3. The highest BCUT2D eigenvalue weighted by molar-refractivity contribution is 6.74. The number of aliphatic hydroxyl groups is 2. The summed E-state index contributed by atoms with van der Waals surface area (Å²) in [6.45, 7) is 15.2. The van der Waals surface area contributed by atoms with Crippen LogP contribution in [-0.2, 0) is 14.0 Å². The van der Waals surface area contributed by atoms with Gasteiger partial charge in [-0.2, -0.15) is 0 Å². The van der Waals surface area contributed by atoms with Gasteiger partial charge >= 0.3 is 0 Å². The zero-order valence-corrected chi connectivity index (χ0v) is 22.9. The van der Waals surface area contributed by atoms with Gasteiger partial charge in [-0.1, -0.05) is 34.6 Å². The summed E-state index contributed by atoms with van der Waals surface area (Å²) in [6.07, 6.45) is 6.87. The second kappa shape index (κ2) is 7.97. The number of rotatable bonds is 4. The second-order valence-electron chi connectivity index (χ2n) is 13.8. The minimum Gasteiger partial charge on any atom is -0.414 e. The maximum absolute atomic E-state index is 13.8. The van der Waals surface area contributed by atoms with Gasteiger partial charge in [-0.25, -0.2) is 0 Å². The van der Waals surface area contributed by atoms with Gasteiger partial charge in [0.1, 0.15) is 18.0 Å². The number of fused-ring (bicyclic) bond motifs is 5. The Kier molecular flexibility index (Phi) is 6.17. The predicted octanol–water partition coefficient (Wildman–Crippen LogP) is 4.89. The molecule has 0 saturated heterocycles. The molecule has 5 nitrogen and oxygen atoms in total. The van der Waals surface area contributed by atoms with E-state index in [0.29, 0.717) is 18.4 Å². The van der Waals surface area contributed by atoms with E-state index in [9.17, 15) is 19.8 Å². The Hall–Kier alpha value is -0.563. The first kappa shape index (κ1) is 25.5. The van der Waals surface area contributed by atoms with Gasteiger partial charge in [-0.3, -0.25) is 9.59 Å². The topological polar surface area (TPSA) is 83.8 Å². The molecule has 0 unspecified atom stereocenters. The van der Waals surface area contributed by atoms with Gasteiger partial charge < -0.3 is 14.6 Å². The van der Waals surface area contributed by atoms with Crippen LogP contribution in [0.25, 0.3) is 0 Å². The van der Waals surface area contributed by atoms with Crippen LogP contribution in [0, 0.1) is 34.5 Å². The maximum atomic E-state index is 13.8. The van der Waals surface area contributed by atoms with E-state index in [4.69, 9.17) is 4.43 Å². The van der Waals surface area contributed by atoms with Crippen molar-refractivity contribution in [2.75, 3.05) is 6.61 Å². The van der Waals surface area contributed by atoms with Crippen LogP contribution in [0.4, 0.5) is 0 Å². The average molecular weight is 479 g/mol. The molecule has 4 aliphatic rings. The van der Waals surface area contributed by atoms with Crippen molar-refractivity contribution in [3.63, 3.8) is 0 Å². The molecule has 0 aromatic heterocycles. The first-order valence-electron chi connectivity index (χ1n) is 13.2. The van der Waals surface area contributed by atoms with E-state index in [-0.39, 0.29) is 40.4 Å². The van der Waals surface area contributed by atoms with E-state index in [1.54, 1.807) is 0 Å². The number of aliphatic hydroxyl groups excluding tert-OH is 1. The van der Waals surface area contributed by atoms with E-state index in [1.807, 2.05) is 6.92 Å². The monoisotopic (exact) mass is 478 g/mol. The molecule has 8 atom stereocenters. The second-order valence-corrected chi connectivity index (χ2v) is 18.6. The van der Waals surface area contributed by atoms with Crippen molar-refractivity contribution in [1.82, 2.24) is 0 Å². The van der Waals surface area contributed by atoms with Gasteiger partial charge in [0, 0.05) is 23.9 Å². The third kappa shape index (κ3) is 3.65. The molecule has 0 radical (unpaired) electrons. The van der Waals surface area contributed by atoms with Crippen molar-refractivity contribution in [2.24, 2.45) is 34.5 Å². The Morgan fingerprint density at radius 3 is 2.39 bits per heavy atom. The van der Waals surface area contributed by atoms with E-state index in [2.05, 4.69) is 40.8 Å². The smallest absolute Gasteiger partial charge is 0.192 e. The quantitative estimate of drug-likeness (QED) is 0.562. The lowest BCUT2D eigenvalue weighted by atomic mass is 9.44. The van der Waals surface area contributed by atoms with E-state index >= 15 is 0 Å². The number of carbonyl (C=O) groups is 2. The minimum atomic E-state index is -1.83. The Morgan fingerprint density at radius 1 is 1.12 bits per heavy atom. The number of carbonyl (C=O) groups excluding carboxylic acids is 2. The first-order chi connectivity index (χ1) is 15.1. The van der Waals surface area contributed by atoms with Crippen molar-refractivity contribution in [2.45, 2.75) is 116 Å². The minimum absolute atomic E-state index is 0.0175. The van der Waals surface area contributed by atoms with Crippen molar-refractivity contribution >= 4 is 19.9 Å². The SMILES string of the molecule is CC(C)(C)[Si](C)(C)O[C@H]1CC[C@@]2(C)[C@H](CC[C@@H]3[C@@H]2C(=O)C[C@@]2(C)[C@H]3CC[C@]2(O)C(=O)CO)C1. The molecule has 4 fully saturated rings. The van der Waals surface area contributed by atoms with E-state index in [1.165, 1.54) is 0 Å². The summed E-state index contributed by atoms with van der Waals surface area (Å²) in [5.74, 6) is 0.642. The molecule has 4 saturated carbocycles. The highest BCUT2D eigenvalue weighted by atomic mass is 28.4. The largest absolute Gasteiger partial charge is 0.414 e. The lowest BCUT2D eigenvalue weighted by molar-refractivity contribution is -0.179. The highest BCUT2D eigenvalue weighted by Gasteiger charge is 2.69. The Labute approximate surface area is 201 Å². The fraction of sp³-hybridized carbons (Fsp3) is 0.926. The normalized spacial score (nSPS) is 45.8. The van der Waals surface area contributed by atoms with Crippen LogP contribution >= 0.6 is 0 Å². The predicted molar refractivity (Wildman–Crippen MR) is 131 cm³/mol. The molecule has 0 aromatic rings. The zero-order valence-electron chi connectivity index (χ0n) is 21.9. The molecule has 33 heavy (non-hydrogen) atoms. The van der Waals surface area contributed by atoms with E-state index in [0.717, 1.165) is 38.5 Å². The third-order valence-electron chi connectivity index (χ3n) is 11.3. The molecular formula is C27H46O5Si. The van der Waals surface area contributed by atoms with Crippen LogP contribution in [0.5, 0.6) is 0 Å². The Bertz CT molecular complexity index is 818. The van der Waals surface area contributed by atoms with Crippen LogP contribution < -0.4 is 0 Å². The van der Waals surface area contributed by atoms with Crippen molar-refractivity contribution < 1.29 is 24.2 Å². The highest BCUT2D eigenvalue weighted by Crippen LogP contribution is 2.67. The summed E-state index contributed by atoms with van der Waals surface area (Å²) in [5.41, 5.74) is -2.34. The average Bonchev–Trinajstić information content (AvgIpc) is 2.97. The molecule has 2 N–H and O–H groups in total. The van der Waals surface area contributed by atoms with Gasteiger partial charge in [0.05, 0.1) is 0 Å². The van der Waals surface area contributed by atoms with Crippen LogP contribution in [0.2, 0.25) is 18.1 Å². The summed E-state index contributed by atoms with van der Waals surface area (Å²) in [6, 6.07) is 0. The van der Waals surface area contributed by atoms with Gasteiger partial charge in [-0.05, 0) is 86.2 Å². The summed E-state index contributed by atoms with van der Waals surface area (Å²) in [7, 11) is -1.83. The molecule has 4 aliphatic carbocycles. The zero-order chi connectivity index (χ0) is 24.6. The van der Waals surface area contributed by atoms with Crippen LogP contribution in [-0.4, -0.2) is 48.4 Å². The van der Waals surface area contributed by atoms with Crippen molar-refractivity contribution in [3.05, 3.63) is 0 Å². The summed E-state index contributed by atoms with van der Waals surface area (Å²) >= 11 is 0. The van der Waals surface area contributed by atoms with Crippen LogP contribution in [0.1, 0.15) is 86.0 Å². The number of ketones is 2. The lowest BCUT2D eigenvalue weighted by Crippen LogP contribution is -2.62. The van der Waals surface area contributed by atoms with Crippen molar-refractivity contribution in [1.29, 1.82) is 0 Å². The molecular weight excluding hydrogens is 432 g/mol. The fourth-order valence-corrected chi connectivity index (χ4v) is 9.73. The Morgan fingerprint density at radius 2 is 1.79 bits per heavy atom. The molecule has 0 bridgehead atoms. The molecule has 4 rings (SSSR count). The lowest BCUT2D eigenvalue weighted by Gasteiger charge is -2.60.